The first-order chi connectivity index (χ1) is 14.9. The summed E-state index contributed by atoms with van der Waals surface area (Å²) in [5.74, 6) is 0.672. The number of methoxy groups -OCH3 is 1. The minimum absolute atomic E-state index is 0.286. The maximum Gasteiger partial charge on any atom is 0.419 e. The van der Waals surface area contributed by atoms with Crippen molar-refractivity contribution in [2.45, 2.75) is 65.6 Å². The number of fused-ring (bicyclic) bond motifs is 1. The minimum Gasteiger partial charge on any atom is -0.497 e. The molecule has 0 radical (unpaired) electrons. The molecule has 1 amide bonds. The predicted octanol–water partition coefficient (Wildman–Crippen LogP) is 5.85. The van der Waals surface area contributed by atoms with Crippen LogP contribution < -0.4 is 4.74 Å². The van der Waals surface area contributed by atoms with Crippen molar-refractivity contribution < 1.29 is 23.8 Å². The van der Waals surface area contributed by atoms with Crippen LogP contribution >= 0.6 is 0 Å². The van der Waals surface area contributed by atoms with Crippen LogP contribution in [-0.4, -0.2) is 53.1 Å². The Morgan fingerprint density at radius 3 is 2.06 bits per heavy atom. The molecule has 7 nitrogen and oxygen atoms in total. The van der Waals surface area contributed by atoms with Gasteiger partial charge in [0.25, 0.3) is 0 Å². The second kappa shape index (κ2) is 8.88. The summed E-state index contributed by atoms with van der Waals surface area (Å²) in [6.07, 6.45) is 2.75. The molecule has 0 unspecified atom stereocenters. The minimum atomic E-state index is -0.615. The number of hydrogen-bond acceptors (Lipinski definition) is 5. The molecule has 0 aliphatic carbocycles. The van der Waals surface area contributed by atoms with Gasteiger partial charge in [-0.2, -0.15) is 0 Å². The van der Waals surface area contributed by atoms with E-state index in [-0.39, 0.29) is 6.09 Å². The van der Waals surface area contributed by atoms with Gasteiger partial charge in [-0.15, -0.1) is 0 Å². The first kappa shape index (κ1) is 23.7. The maximum atomic E-state index is 13.1. The highest BCUT2D eigenvalue weighted by molar-refractivity contribution is 5.94. The Balaban J connectivity index is 1.88. The van der Waals surface area contributed by atoms with E-state index in [1.807, 2.05) is 71.9 Å². The molecule has 32 heavy (non-hydrogen) atoms. The number of nitrogens with zero attached hydrogens (tertiary/aromatic N) is 2. The second-order valence-corrected chi connectivity index (χ2v) is 10.1. The Kier molecular flexibility index (Phi) is 6.58. The molecule has 0 saturated carbocycles. The fraction of sp³-hybridized carbons (Fsp3) is 0.520. The molecule has 0 atom stereocenters. The number of aromatic nitrogens is 1. The third kappa shape index (κ3) is 5.84. The lowest BCUT2D eigenvalue weighted by molar-refractivity contribution is 0.0236. The van der Waals surface area contributed by atoms with Crippen LogP contribution in [0.4, 0.5) is 9.59 Å². The van der Waals surface area contributed by atoms with Crippen molar-refractivity contribution in [3.05, 3.63) is 35.5 Å². The van der Waals surface area contributed by atoms with Crippen LogP contribution in [-0.2, 0) is 9.47 Å². The molecule has 1 aromatic heterocycles. The van der Waals surface area contributed by atoms with Gasteiger partial charge < -0.3 is 19.1 Å². The van der Waals surface area contributed by atoms with E-state index in [4.69, 9.17) is 14.2 Å². The first-order valence-electron chi connectivity index (χ1n) is 11.0. The zero-order valence-electron chi connectivity index (χ0n) is 20.2. The van der Waals surface area contributed by atoms with Crippen LogP contribution in [0.2, 0.25) is 0 Å². The number of piperidine rings is 1. The zero-order chi connectivity index (χ0) is 23.7. The lowest BCUT2D eigenvalue weighted by atomic mass is 10.0. The first-order valence-corrected chi connectivity index (χ1v) is 11.0. The van der Waals surface area contributed by atoms with Gasteiger partial charge in [0.05, 0.1) is 18.3 Å². The summed E-state index contributed by atoms with van der Waals surface area (Å²) in [6, 6.07) is 7.62. The molecule has 1 aliphatic heterocycles. The van der Waals surface area contributed by atoms with E-state index in [1.165, 1.54) is 5.57 Å². The van der Waals surface area contributed by atoms with E-state index in [0.717, 1.165) is 29.4 Å². The van der Waals surface area contributed by atoms with E-state index >= 15 is 0 Å². The monoisotopic (exact) mass is 442 g/mol. The normalized spacial score (nSPS) is 15.0. The van der Waals surface area contributed by atoms with E-state index in [1.54, 1.807) is 16.6 Å². The summed E-state index contributed by atoms with van der Waals surface area (Å²) in [4.78, 5) is 27.1. The van der Waals surface area contributed by atoms with Gasteiger partial charge in [0.1, 0.15) is 17.0 Å². The van der Waals surface area contributed by atoms with Crippen LogP contribution in [0.1, 0.15) is 60.1 Å². The molecular weight excluding hydrogens is 408 g/mol. The molecule has 1 aliphatic rings. The van der Waals surface area contributed by atoms with Crippen LogP contribution in [0.3, 0.4) is 0 Å². The van der Waals surface area contributed by atoms with E-state index in [0.29, 0.717) is 18.8 Å². The van der Waals surface area contributed by atoms with Crippen molar-refractivity contribution in [1.82, 2.24) is 9.47 Å². The maximum absolute atomic E-state index is 13.1. The summed E-state index contributed by atoms with van der Waals surface area (Å²) in [5, 5.41) is 0.926. The number of carbonyl (C=O) groups excluding carboxylic acids is 2. The van der Waals surface area contributed by atoms with Gasteiger partial charge >= 0.3 is 12.2 Å². The Bertz CT molecular complexity index is 1030. The molecule has 1 fully saturated rings. The number of ether oxygens (including phenoxy) is 3. The number of likely N-dealkylation sites (tertiary alicyclic amines) is 1. The average molecular weight is 443 g/mol. The topological polar surface area (TPSA) is 70.0 Å². The third-order valence-electron chi connectivity index (χ3n) is 5.03. The molecule has 1 saturated heterocycles. The average Bonchev–Trinajstić information content (AvgIpc) is 3.02. The van der Waals surface area contributed by atoms with Crippen LogP contribution in [0.15, 0.2) is 29.8 Å². The molecule has 1 aromatic carbocycles. The fourth-order valence-electron chi connectivity index (χ4n) is 3.60. The van der Waals surface area contributed by atoms with Crippen molar-refractivity contribution in [3.8, 4) is 5.75 Å². The lowest BCUT2D eigenvalue weighted by Gasteiger charge is -2.31. The Hall–Kier alpha value is -2.96. The van der Waals surface area contributed by atoms with Crippen molar-refractivity contribution in [2.75, 3.05) is 20.2 Å². The fourth-order valence-corrected chi connectivity index (χ4v) is 3.60. The van der Waals surface area contributed by atoms with E-state index in [2.05, 4.69) is 0 Å². The molecule has 3 rings (SSSR count). The molecule has 2 heterocycles. The molecule has 0 N–H and O–H groups in total. The quantitative estimate of drug-likeness (QED) is 0.584. The molecule has 7 heteroatoms. The second-order valence-electron chi connectivity index (χ2n) is 10.1. The van der Waals surface area contributed by atoms with Gasteiger partial charge in [-0.05, 0) is 78.7 Å². The SMILES string of the molecule is COc1ccc2cc(C=C3CCN(C(=O)OC(C)(C)C)CC3)n(C(=O)OC(C)(C)C)c2c1. The summed E-state index contributed by atoms with van der Waals surface area (Å²) < 4.78 is 18.1. The molecular formula is C25H34N2O5. The van der Waals surface area contributed by atoms with Gasteiger partial charge in [-0.3, -0.25) is 0 Å². The van der Waals surface area contributed by atoms with Crippen molar-refractivity contribution in [3.63, 3.8) is 0 Å². The van der Waals surface area contributed by atoms with Gasteiger partial charge in [0.2, 0.25) is 0 Å². The van der Waals surface area contributed by atoms with E-state index in [9.17, 15) is 9.59 Å². The lowest BCUT2D eigenvalue weighted by Crippen LogP contribution is -2.40. The summed E-state index contributed by atoms with van der Waals surface area (Å²) in [6.45, 7) is 12.3. The third-order valence-corrected chi connectivity index (χ3v) is 5.03. The van der Waals surface area contributed by atoms with Crippen LogP contribution in [0.25, 0.3) is 17.0 Å². The van der Waals surface area contributed by atoms with Crippen LogP contribution in [0, 0.1) is 0 Å². The number of hydrogen-bond donors (Lipinski definition) is 0. The van der Waals surface area contributed by atoms with Gasteiger partial charge in [-0.25, -0.2) is 14.2 Å². The molecule has 0 spiro atoms. The standard InChI is InChI=1S/C25H34N2O5/c1-24(2,3)31-22(28)26-12-10-17(11-13-26)14-19-15-18-8-9-20(30-7)16-21(18)27(19)23(29)32-25(4,5)6/h8-9,14-16H,10-13H2,1-7H3. The Morgan fingerprint density at radius 1 is 0.906 bits per heavy atom. The molecule has 174 valence electrons. The zero-order valence-corrected chi connectivity index (χ0v) is 20.2. The van der Waals surface area contributed by atoms with Crippen LogP contribution in [0.5, 0.6) is 5.75 Å². The van der Waals surface area contributed by atoms with Gasteiger partial charge in [0.15, 0.2) is 0 Å². The summed E-state index contributed by atoms with van der Waals surface area (Å²) in [5.41, 5.74) is 1.53. The van der Waals surface area contributed by atoms with Crippen molar-refractivity contribution in [2.24, 2.45) is 0 Å². The Labute approximate surface area is 189 Å². The highest BCUT2D eigenvalue weighted by Gasteiger charge is 2.26. The summed E-state index contributed by atoms with van der Waals surface area (Å²) >= 11 is 0. The smallest absolute Gasteiger partial charge is 0.419 e. The Morgan fingerprint density at radius 2 is 1.50 bits per heavy atom. The van der Waals surface area contributed by atoms with E-state index < -0.39 is 17.3 Å². The van der Waals surface area contributed by atoms with Crippen molar-refractivity contribution in [1.29, 1.82) is 0 Å². The number of carbonyl (C=O) groups is 2. The predicted molar refractivity (Wildman–Crippen MR) is 125 cm³/mol. The van der Waals surface area contributed by atoms with Crippen molar-refractivity contribution >= 4 is 29.2 Å². The summed E-state index contributed by atoms with van der Waals surface area (Å²) in [7, 11) is 1.60. The molecule has 2 aromatic rings. The largest absolute Gasteiger partial charge is 0.497 e. The number of amides is 1. The van der Waals surface area contributed by atoms with Gasteiger partial charge in [0, 0.05) is 24.5 Å². The number of rotatable bonds is 2. The highest BCUT2D eigenvalue weighted by atomic mass is 16.6. The number of benzene rings is 1. The molecule has 0 bridgehead atoms. The van der Waals surface area contributed by atoms with Gasteiger partial charge in [-0.1, -0.05) is 5.57 Å². The highest BCUT2D eigenvalue weighted by Crippen LogP contribution is 2.29.